The lowest BCUT2D eigenvalue weighted by Crippen LogP contribution is -2.41. The molecule has 0 saturated heterocycles. The summed E-state index contributed by atoms with van der Waals surface area (Å²) in [5.41, 5.74) is 3.11. The van der Waals surface area contributed by atoms with Crippen LogP contribution in [0.15, 0.2) is 48.5 Å². The number of hydrogen-bond acceptors (Lipinski definition) is 3. The molecule has 0 aromatic heterocycles. The quantitative estimate of drug-likeness (QED) is 0.888. The summed E-state index contributed by atoms with van der Waals surface area (Å²) in [6, 6.07) is 17.2. The number of hydrogen-bond donors (Lipinski definition) is 1. The minimum atomic E-state index is -0.0676. The molecule has 0 radical (unpaired) electrons. The monoisotopic (exact) mass is 321 g/mol. The number of nitrogens with one attached hydrogen (secondary N) is 1. The van der Waals surface area contributed by atoms with Gasteiger partial charge in [-0.15, -0.1) is 0 Å². The molecule has 2 aromatic carbocycles. The number of likely N-dealkylation sites (N-methyl/N-ethyl adjacent to an activating group) is 1. The van der Waals surface area contributed by atoms with Crippen LogP contribution in [0.25, 0.3) is 11.1 Å². The fourth-order valence-corrected chi connectivity index (χ4v) is 2.59. The Morgan fingerprint density at radius 3 is 2.46 bits per heavy atom. The summed E-state index contributed by atoms with van der Waals surface area (Å²) in [5.74, 6) is -0.0676. The van der Waals surface area contributed by atoms with E-state index in [-0.39, 0.29) is 11.9 Å². The van der Waals surface area contributed by atoms with Crippen molar-refractivity contribution in [3.8, 4) is 17.2 Å². The number of nitriles is 1. The number of benzene rings is 2. The molecule has 0 aliphatic rings. The Balaban J connectivity index is 2.20. The predicted octanol–water partition coefficient (Wildman–Crippen LogP) is 3.30. The third-order valence-electron chi connectivity index (χ3n) is 3.86. The van der Waals surface area contributed by atoms with Crippen molar-refractivity contribution in [3.05, 3.63) is 59.7 Å². The first-order valence-electron chi connectivity index (χ1n) is 8.09. The molecule has 1 N–H and O–H groups in total. The van der Waals surface area contributed by atoms with Crippen molar-refractivity contribution in [1.29, 1.82) is 5.26 Å². The molecule has 0 aliphatic carbocycles. The van der Waals surface area contributed by atoms with Crippen LogP contribution < -0.4 is 5.32 Å². The third-order valence-corrected chi connectivity index (χ3v) is 3.86. The Morgan fingerprint density at radius 1 is 1.17 bits per heavy atom. The van der Waals surface area contributed by atoms with E-state index in [1.807, 2.05) is 56.6 Å². The average molecular weight is 321 g/mol. The van der Waals surface area contributed by atoms with Gasteiger partial charge in [0.05, 0.1) is 11.6 Å². The molecule has 1 atom stereocenters. The molecule has 0 unspecified atom stereocenters. The van der Waals surface area contributed by atoms with Crippen LogP contribution in [-0.2, 0) is 0 Å². The zero-order valence-electron chi connectivity index (χ0n) is 14.4. The maximum absolute atomic E-state index is 12.5. The maximum Gasteiger partial charge on any atom is 0.251 e. The SMILES string of the molecule is CC[C@H](CN(C)C)NC(=O)c1cccc(-c2cccc(C#N)c2)c1. The minimum Gasteiger partial charge on any atom is -0.348 e. The lowest BCUT2D eigenvalue weighted by atomic mass is 10.0. The zero-order valence-corrected chi connectivity index (χ0v) is 14.4. The van der Waals surface area contributed by atoms with Crippen molar-refractivity contribution < 1.29 is 4.79 Å². The molecule has 0 fully saturated rings. The third kappa shape index (κ3) is 4.68. The highest BCUT2D eigenvalue weighted by Crippen LogP contribution is 2.21. The van der Waals surface area contributed by atoms with Crippen LogP contribution in [-0.4, -0.2) is 37.5 Å². The van der Waals surface area contributed by atoms with Crippen LogP contribution in [0.5, 0.6) is 0 Å². The topological polar surface area (TPSA) is 56.1 Å². The minimum absolute atomic E-state index is 0.0676. The van der Waals surface area contributed by atoms with Gasteiger partial charge in [-0.05, 0) is 55.9 Å². The van der Waals surface area contributed by atoms with E-state index in [0.29, 0.717) is 11.1 Å². The van der Waals surface area contributed by atoms with Gasteiger partial charge < -0.3 is 10.2 Å². The molecule has 4 nitrogen and oxygen atoms in total. The molecular weight excluding hydrogens is 298 g/mol. The molecule has 124 valence electrons. The molecule has 0 bridgehead atoms. The van der Waals surface area contributed by atoms with E-state index in [1.54, 1.807) is 6.07 Å². The summed E-state index contributed by atoms with van der Waals surface area (Å²) < 4.78 is 0. The molecule has 24 heavy (non-hydrogen) atoms. The molecule has 0 spiro atoms. The second-order valence-electron chi connectivity index (χ2n) is 6.11. The first-order chi connectivity index (χ1) is 11.5. The van der Waals surface area contributed by atoms with E-state index in [2.05, 4.69) is 23.2 Å². The highest BCUT2D eigenvalue weighted by molar-refractivity contribution is 5.95. The van der Waals surface area contributed by atoms with Gasteiger partial charge in [-0.1, -0.05) is 31.2 Å². The Hall–Kier alpha value is -2.64. The summed E-state index contributed by atoms with van der Waals surface area (Å²) in [7, 11) is 4.00. The number of nitrogens with zero attached hydrogens (tertiary/aromatic N) is 2. The van der Waals surface area contributed by atoms with Crippen LogP contribution in [0.3, 0.4) is 0 Å². The van der Waals surface area contributed by atoms with Crippen molar-refractivity contribution in [2.75, 3.05) is 20.6 Å². The second kappa shape index (κ2) is 8.28. The van der Waals surface area contributed by atoms with Gasteiger partial charge in [0, 0.05) is 18.2 Å². The highest BCUT2D eigenvalue weighted by atomic mass is 16.1. The molecule has 0 heterocycles. The lowest BCUT2D eigenvalue weighted by Gasteiger charge is -2.21. The van der Waals surface area contributed by atoms with Crippen molar-refractivity contribution >= 4 is 5.91 Å². The first-order valence-corrected chi connectivity index (χ1v) is 8.09. The smallest absolute Gasteiger partial charge is 0.251 e. The molecule has 2 rings (SSSR count). The van der Waals surface area contributed by atoms with Gasteiger partial charge in [-0.2, -0.15) is 5.26 Å². The fraction of sp³-hybridized carbons (Fsp3) is 0.300. The average Bonchev–Trinajstić information content (AvgIpc) is 2.60. The van der Waals surface area contributed by atoms with E-state index >= 15 is 0 Å². The van der Waals surface area contributed by atoms with Gasteiger partial charge in [0.1, 0.15) is 0 Å². The van der Waals surface area contributed by atoms with E-state index in [0.717, 1.165) is 24.1 Å². The van der Waals surface area contributed by atoms with Crippen LogP contribution >= 0.6 is 0 Å². The maximum atomic E-state index is 12.5. The Bertz CT molecular complexity index is 747. The molecule has 0 saturated carbocycles. The standard InChI is InChI=1S/C20H23N3O/c1-4-19(14-23(2)3)22-20(24)18-10-6-9-17(12-18)16-8-5-7-15(11-16)13-21/h5-12,19H,4,14H2,1-3H3,(H,22,24)/t19-/m1/s1. The largest absolute Gasteiger partial charge is 0.348 e. The summed E-state index contributed by atoms with van der Waals surface area (Å²) >= 11 is 0. The van der Waals surface area contributed by atoms with Crippen molar-refractivity contribution in [3.63, 3.8) is 0 Å². The van der Waals surface area contributed by atoms with E-state index in [4.69, 9.17) is 5.26 Å². The van der Waals surface area contributed by atoms with Crippen molar-refractivity contribution in [2.45, 2.75) is 19.4 Å². The summed E-state index contributed by atoms with van der Waals surface area (Å²) in [6.07, 6.45) is 0.883. The summed E-state index contributed by atoms with van der Waals surface area (Å²) in [5, 5.41) is 12.1. The first kappa shape index (κ1) is 17.7. The zero-order chi connectivity index (χ0) is 17.5. The molecule has 0 aliphatic heterocycles. The van der Waals surface area contributed by atoms with Crippen LogP contribution in [0.1, 0.15) is 29.3 Å². The van der Waals surface area contributed by atoms with E-state index < -0.39 is 0 Å². The van der Waals surface area contributed by atoms with Crippen LogP contribution in [0.2, 0.25) is 0 Å². The Labute approximate surface area is 143 Å². The number of carbonyl (C=O) groups excluding carboxylic acids is 1. The van der Waals surface area contributed by atoms with Gasteiger partial charge >= 0.3 is 0 Å². The molecule has 2 aromatic rings. The Kier molecular flexibility index (Phi) is 6.11. The summed E-state index contributed by atoms with van der Waals surface area (Å²) in [6.45, 7) is 2.88. The van der Waals surface area contributed by atoms with Gasteiger partial charge in [0.15, 0.2) is 0 Å². The normalized spacial score (nSPS) is 11.8. The molecule has 1 amide bonds. The Morgan fingerprint density at radius 2 is 1.83 bits per heavy atom. The van der Waals surface area contributed by atoms with Gasteiger partial charge in [-0.25, -0.2) is 0 Å². The van der Waals surface area contributed by atoms with E-state index in [1.165, 1.54) is 0 Å². The number of amides is 1. The predicted molar refractivity (Wildman–Crippen MR) is 96.7 cm³/mol. The van der Waals surface area contributed by atoms with Gasteiger partial charge in [0.25, 0.3) is 5.91 Å². The fourth-order valence-electron chi connectivity index (χ4n) is 2.59. The van der Waals surface area contributed by atoms with Gasteiger partial charge in [-0.3, -0.25) is 4.79 Å². The lowest BCUT2D eigenvalue weighted by molar-refractivity contribution is 0.0929. The second-order valence-corrected chi connectivity index (χ2v) is 6.11. The summed E-state index contributed by atoms with van der Waals surface area (Å²) in [4.78, 5) is 14.6. The number of carbonyl (C=O) groups is 1. The van der Waals surface area contributed by atoms with Crippen LogP contribution in [0.4, 0.5) is 0 Å². The van der Waals surface area contributed by atoms with Crippen molar-refractivity contribution in [1.82, 2.24) is 10.2 Å². The molecular formula is C20H23N3O. The van der Waals surface area contributed by atoms with Gasteiger partial charge in [0.2, 0.25) is 0 Å². The van der Waals surface area contributed by atoms with Crippen molar-refractivity contribution in [2.24, 2.45) is 0 Å². The van der Waals surface area contributed by atoms with Crippen LogP contribution in [0, 0.1) is 11.3 Å². The van der Waals surface area contributed by atoms with E-state index in [9.17, 15) is 4.79 Å². The molecule has 4 heteroatoms. The highest BCUT2D eigenvalue weighted by Gasteiger charge is 2.13. The number of rotatable bonds is 6.